The van der Waals surface area contributed by atoms with E-state index in [1.807, 2.05) is 30.0 Å². The zero-order valence-electron chi connectivity index (χ0n) is 15.6. The zero-order valence-corrected chi connectivity index (χ0v) is 15.6. The van der Waals surface area contributed by atoms with Gasteiger partial charge in [0.25, 0.3) is 0 Å². The lowest BCUT2D eigenvalue weighted by atomic mass is 9.96. The second-order valence-electron chi connectivity index (χ2n) is 7.03. The molecule has 2 aliphatic heterocycles. The molecule has 2 aliphatic rings. The van der Waals surface area contributed by atoms with Crippen molar-refractivity contribution in [3.05, 3.63) is 24.4 Å². The van der Waals surface area contributed by atoms with Gasteiger partial charge in [0.15, 0.2) is 0 Å². The number of carbonyl (C=O) groups excluding carboxylic acids is 2. The summed E-state index contributed by atoms with van der Waals surface area (Å²) in [6.45, 7) is 7.65. The molecule has 7 heteroatoms. The number of aromatic nitrogens is 1. The van der Waals surface area contributed by atoms with Crippen molar-refractivity contribution in [1.82, 2.24) is 20.1 Å². The van der Waals surface area contributed by atoms with Gasteiger partial charge in [-0.05, 0) is 31.9 Å². The Bertz CT molecular complexity index is 601. The smallest absolute Gasteiger partial charge is 0.234 e. The van der Waals surface area contributed by atoms with Crippen molar-refractivity contribution in [2.75, 3.05) is 57.3 Å². The molecule has 0 spiro atoms. The molecule has 1 unspecified atom stereocenters. The van der Waals surface area contributed by atoms with Crippen LogP contribution in [0.15, 0.2) is 24.4 Å². The molecule has 1 N–H and O–H groups in total. The fourth-order valence-electron chi connectivity index (χ4n) is 3.77. The van der Waals surface area contributed by atoms with Crippen molar-refractivity contribution in [2.24, 2.45) is 5.92 Å². The van der Waals surface area contributed by atoms with Gasteiger partial charge in [-0.1, -0.05) is 6.07 Å². The summed E-state index contributed by atoms with van der Waals surface area (Å²) >= 11 is 0. The molecule has 0 saturated carbocycles. The van der Waals surface area contributed by atoms with Gasteiger partial charge in [-0.25, -0.2) is 4.98 Å². The molecule has 26 heavy (non-hydrogen) atoms. The molecule has 2 fully saturated rings. The Morgan fingerprint density at radius 1 is 1.19 bits per heavy atom. The predicted molar refractivity (Wildman–Crippen MR) is 101 cm³/mol. The van der Waals surface area contributed by atoms with Gasteiger partial charge in [-0.2, -0.15) is 0 Å². The highest BCUT2D eigenvalue weighted by atomic mass is 16.2. The van der Waals surface area contributed by atoms with Crippen LogP contribution in [0.5, 0.6) is 0 Å². The maximum Gasteiger partial charge on any atom is 0.234 e. The number of piperidine rings is 1. The molecule has 1 atom stereocenters. The lowest BCUT2D eigenvalue weighted by Gasteiger charge is -2.39. The van der Waals surface area contributed by atoms with Gasteiger partial charge < -0.3 is 15.1 Å². The van der Waals surface area contributed by atoms with Crippen molar-refractivity contribution < 1.29 is 9.59 Å². The summed E-state index contributed by atoms with van der Waals surface area (Å²) in [5.74, 6) is 1.31. The van der Waals surface area contributed by atoms with Crippen molar-refractivity contribution >= 4 is 17.6 Å². The highest BCUT2D eigenvalue weighted by Crippen LogP contribution is 2.23. The maximum atomic E-state index is 12.9. The number of rotatable bonds is 5. The normalized spacial score (nSPS) is 21.5. The van der Waals surface area contributed by atoms with E-state index in [-0.39, 0.29) is 17.7 Å². The van der Waals surface area contributed by atoms with E-state index < -0.39 is 0 Å². The Hall–Kier alpha value is -2.15. The second kappa shape index (κ2) is 8.98. The minimum absolute atomic E-state index is 0.0423. The SMILES string of the molecule is CCNC(=O)CN1CCN(C(=O)C2CCCN(c3ccccn3)C2)CC1. The number of amides is 2. The second-order valence-corrected chi connectivity index (χ2v) is 7.03. The Kier molecular flexibility index (Phi) is 6.44. The minimum Gasteiger partial charge on any atom is -0.356 e. The Morgan fingerprint density at radius 3 is 2.69 bits per heavy atom. The number of hydrogen-bond donors (Lipinski definition) is 1. The Balaban J connectivity index is 1.49. The van der Waals surface area contributed by atoms with Crippen molar-refractivity contribution in [1.29, 1.82) is 0 Å². The molecule has 0 radical (unpaired) electrons. The number of piperazine rings is 1. The van der Waals surface area contributed by atoms with Crippen LogP contribution < -0.4 is 10.2 Å². The summed E-state index contributed by atoms with van der Waals surface area (Å²) < 4.78 is 0. The first-order chi connectivity index (χ1) is 12.7. The van der Waals surface area contributed by atoms with Crippen molar-refractivity contribution in [3.63, 3.8) is 0 Å². The van der Waals surface area contributed by atoms with Gasteiger partial charge in [-0.15, -0.1) is 0 Å². The standard InChI is InChI=1S/C19H29N5O2/c1-2-20-18(25)15-22-10-12-23(13-11-22)19(26)16-6-5-9-24(14-16)17-7-3-4-8-21-17/h3-4,7-8,16H,2,5-6,9-15H2,1H3,(H,20,25). The molecular formula is C19H29N5O2. The third-order valence-corrected chi connectivity index (χ3v) is 5.17. The third-order valence-electron chi connectivity index (χ3n) is 5.17. The van der Waals surface area contributed by atoms with Gasteiger partial charge >= 0.3 is 0 Å². The van der Waals surface area contributed by atoms with Crippen molar-refractivity contribution in [2.45, 2.75) is 19.8 Å². The van der Waals surface area contributed by atoms with Crippen LogP contribution in [0.25, 0.3) is 0 Å². The minimum atomic E-state index is 0.0423. The van der Waals surface area contributed by atoms with E-state index in [1.165, 1.54) is 0 Å². The molecule has 3 rings (SSSR count). The van der Waals surface area contributed by atoms with E-state index in [4.69, 9.17) is 0 Å². The number of likely N-dealkylation sites (N-methyl/N-ethyl adjacent to an activating group) is 1. The molecule has 0 aromatic carbocycles. The fourth-order valence-corrected chi connectivity index (χ4v) is 3.77. The number of anilines is 1. The highest BCUT2D eigenvalue weighted by Gasteiger charge is 2.31. The molecule has 142 valence electrons. The first-order valence-electron chi connectivity index (χ1n) is 9.61. The molecular weight excluding hydrogens is 330 g/mol. The summed E-state index contributed by atoms with van der Waals surface area (Å²) in [6.07, 6.45) is 3.76. The molecule has 2 saturated heterocycles. The van der Waals surface area contributed by atoms with Crippen LogP contribution >= 0.6 is 0 Å². The average molecular weight is 359 g/mol. The van der Waals surface area contributed by atoms with Gasteiger partial charge in [0.1, 0.15) is 5.82 Å². The lowest BCUT2D eigenvalue weighted by molar-refractivity contribution is -0.137. The van der Waals surface area contributed by atoms with Gasteiger partial charge in [-0.3, -0.25) is 14.5 Å². The van der Waals surface area contributed by atoms with E-state index in [1.54, 1.807) is 6.20 Å². The zero-order chi connectivity index (χ0) is 18.4. The molecule has 3 heterocycles. The quantitative estimate of drug-likeness (QED) is 0.833. The Morgan fingerprint density at radius 2 is 2.00 bits per heavy atom. The molecule has 2 amide bonds. The van der Waals surface area contributed by atoms with Crippen molar-refractivity contribution in [3.8, 4) is 0 Å². The monoisotopic (exact) mass is 359 g/mol. The fraction of sp³-hybridized carbons (Fsp3) is 0.632. The average Bonchev–Trinajstić information content (AvgIpc) is 2.69. The number of nitrogens with one attached hydrogen (secondary N) is 1. The van der Waals surface area contributed by atoms with E-state index in [0.717, 1.165) is 44.8 Å². The summed E-state index contributed by atoms with van der Waals surface area (Å²) in [4.78, 5) is 35.4. The summed E-state index contributed by atoms with van der Waals surface area (Å²) in [6, 6.07) is 5.91. The molecule has 0 bridgehead atoms. The summed E-state index contributed by atoms with van der Waals surface area (Å²) in [5, 5.41) is 2.83. The first kappa shape index (κ1) is 18.6. The van der Waals surface area contributed by atoms with Crippen LogP contribution in [-0.2, 0) is 9.59 Å². The number of nitrogens with zero attached hydrogens (tertiary/aromatic N) is 4. The molecule has 0 aliphatic carbocycles. The number of hydrogen-bond acceptors (Lipinski definition) is 5. The van der Waals surface area contributed by atoms with Crippen LogP contribution in [0.2, 0.25) is 0 Å². The number of pyridine rings is 1. The first-order valence-corrected chi connectivity index (χ1v) is 9.61. The van der Waals surface area contributed by atoms with E-state index >= 15 is 0 Å². The van der Waals surface area contributed by atoms with E-state index in [9.17, 15) is 9.59 Å². The van der Waals surface area contributed by atoms with Crippen LogP contribution in [0.1, 0.15) is 19.8 Å². The largest absolute Gasteiger partial charge is 0.356 e. The summed E-state index contributed by atoms with van der Waals surface area (Å²) in [5.41, 5.74) is 0. The van der Waals surface area contributed by atoms with Crippen LogP contribution in [0, 0.1) is 5.92 Å². The topological polar surface area (TPSA) is 68.8 Å². The molecule has 1 aromatic rings. The number of carbonyl (C=O) groups is 2. The van der Waals surface area contributed by atoms with Gasteiger partial charge in [0.2, 0.25) is 11.8 Å². The van der Waals surface area contributed by atoms with Crippen LogP contribution in [0.4, 0.5) is 5.82 Å². The van der Waals surface area contributed by atoms with Crippen LogP contribution in [0.3, 0.4) is 0 Å². The van der Waals surface area contributed by atoms with Gasteiger partial charge in [0, 0.05) is 52.0 Å². The predicted octanol–water partition coefficient (Wildman–Crippen LogP) is 0.578. The summed E-state index contributed by atoms with van der Waals surface area (Å²) in [7, 11) is 0. The van der Waals surface area contributed by atoms with Crippen LogP contribution in [-0.4, -0.2) is 79.0 Å². The Labute approximate surface area is 155 Å². The molecule has 1 aromatic heterocycles. The molecule has 7 nitrogen and oxygen atoms in total. The maximum absolute atomic E-state index is 12.9. The lowest BCUT2D eigenvalue weighted by Crippen LogP contribution is -2.54. The highest BCUT2D eigenvalue weighted by molar-refractivity contribution is 5.80. The van der Waals surface area contributed by atoms with E-state index in [2.05, 4.69) is 20.1 Å². The third kappa shape index (κ3) is 4.72. The van der Waals surface area contributed by atoms with E-state index in [0.29, 0.717) is 26.2 Å². The van der Waals surface area contributed by atoms with Gasteiger partial charge in [0.05, 0.1) is 12.5 Å².